The molecule has 16 heavy (non-hydrogen) atoms. The van der Waals surface area contributed by atoms with Crippen molar-refractivity contribution in [2.24, 2.45) is 0 Å². The van der Waals surface area contributed by atoms with E-state index in [-0.39, 0.29) is 5.69 Å². The first-order chi connectivity index (χ1) is 7.41. The molecule has 0 aliphatic rings. The van der Waals surface area contributed by atoms with Gasteiger partial charge in [-0.1, -0.05) is 0 Å². The summed E-state index contributed by atoms with van der Waals surface area (Å²) >= 11 is 0. The van der Waals surface area contributed by atoms with Gasteiger partial charge in [0.15, 0.2) is 6.10 Å². The minimum absolute atomic E-state index is 0.0483. The predicted octanol–water partition coefficient (Wildman–Crippen LogP) is 1.76. The SMILES string of the molecule is Cc1cc([N+](=O)[O-])ccc1O[C@H](C)C(=O)O. The Morgan fingerprint density at radius 2 is 2.19 bits per heavy atom. The minimum Gasteiger partial charge on any atom is -0.479 e. The maximum absolute atomic E-state index is 10.6. The summed E-state index contributed by atoms with van der Waals surface area (Å²) in [4.78, 5) is 20.5. The van der Waals surface area contributed by atoms with Crippen molar-refractivity contribution in [1.82, 2.24) is 0 Å². The highest BCUT2D eigenvalue weighted by atomic mass is 16.6. The number of carboxylic acids is 1. The zero-order valence-electron chi connectivity index (χ0n) is 8.84. The van der Waals surface area contributed by atoms with E-state index in [0.29, 0.717) is 11.3 Å². The van der Waals surface area contributed by atoms with E-state index in [2.05, 4.69) is 0 Å². The molecule has 6 nitrogen and oxygen atoms in total. The smallest absolute Gasteiger partial charge is 0.344 e. The first-order valence-corrected chi connectivity index (χ1v) is 4.56. The van der Waals surface area contributed by atoms with Gasteiger partial charge in [0.2, 0.25) is 0 Å². The molecule has 0 unspecified atom stereocenters. The van der Waals surface area contributed by atoms with E-state index in [0.717, 1.165) is 0 Å². The van der Waals surface area contributed by atoms with E-state index in [1.54, 1.807) is 6.92 Å². The van der Waals surface area contributed by atoms with Crippen LogP contribution in [0.1, 0.15) is 12.5 Å². The third kappa shape index (κ3) is 2.69. The zero-order chi connectivity index (χ0) is 12.3. The van der Waals surface area contributed by atoms with Crippen LogP contribution < -0.4 is 4.74 Å². The molecule has 1 aromatic carbocycles. The summed E-state index contributed by atoms with van der Waals surface area (Å²) in [6, 6.07) is 4.01. The largest absolute Gasteiger partial charge is 0.479 e. The molecule has 1 aromatic rings. The van der Waals surface area contributed by atoms with Crippen LogP contribution in [0.25, 0.3) is 0 Å². The van der Waals surface area contributed by atoms with E-state index in [9.17, 15) is 14.9 Å². The van der Waals surface area contributed by atoms with Crippen LogP contribution in [0.3, 0.4) is 0 Å². The van der Waals surface area contributed by atoms with Gasteiger partial charge in [0.25, 0.3) is 5.69 Å². The summed E-state index contributed by atoms with van der Waals surface area (Å²) in [7, 11) is 0. The van der Waals surface area contributed by atoms with Crippen LogP contribution in [0.2, 0.25) is 0 Å². The topological polar surface area (TPSA) is 89.7 Å². The van der Waals surface area contributed by atoms with Crippen molar-refractivity contribution in [3.63, 3.8) is 0 Å². The summed E-state index contributed by atoms with van der Waals surface area (Å²) in [6.07, 6.45) is -0.986. The van der Waals surface area contributed by atoms with Gasteiger partial charge in [-0.05, 0) is 25.5 Å². The molecule has 0 heterocycles. The average Bonchev–Trinajstić information content (AvgIpc) is 2.20. The molecule has 6 heteroatoms. The Kier molecular flexibility index (Phi) is 3.44. The van der Waals surface area contributed by atoms with Crippen molar-refractivity contribution in [3.8, 4) is 5.75 Å². The predicted molar refractivity (Wildman–Crippen MR) is 55.6 cm³/mol. The summed E-state index contributed by atoms with van der Waals surface area (Å²) in [5, 5.41) is 19.1. The van der Waals surface area contributed by atoms with Gasteiger partial charge in [-0.15, -0.1) is 0 Å². The Bertz CT molecular complexity index is 429. The Balaban J connectivity index is 2.91. The van der Waals surface area contributed by atoms with Crippen LogP contribution in [-0.2, 0) is 4.79 Å². The van der Waals surface area contributed by atoms with Crippen LogP contribution in [0, 0.1) is 17.0 Å². The minimum atomic E-state index is -1.09. The van der Waals surface area contributed by atoms with Crippen molar-refractivity contribution < 1.29 is 19.6 Å². The van der Waals surface area contributed by atoms with Gasteiger partial charge in [-0.2, -0.15) is 0 Å². The van der Waals surface area contributed by atoms with E-state index in [1.807, 2.05) is 0 Å². The summed E-state index contributed by atoms with van der Waals surface area (Å²) in [5.41, 5.74) is 0.482. The fraction of sp³-hybridized carbons (Fsp3) is 0.300. The highest BCUT2D eigenvalue weighted by Gasteiger charge is 2.15. The van der Waals surface area contributed by atoms with Gasteiger partial charge < -0.3 is 9.84 Å². The number of nitrogens with zero attached hydrogens (tertiary/aromatic N) is 1. The fourth-order valence-corrected chi connectivity index (χ4v) is 1.12. The van der Waals surface area contributed by atoms with E-state index in [1.165, 1.54) is 25.1 Å². The second kappa shape index (κ2) is 4.61. The van der Waals surface area contributed by atoms with Crippen molar-refractivity contribution >= 4 is 11.7 Å². The summed E-state index contributed by atoms with van der Waals surface area (Å²) < 4.78 is 5.12. The first-order valence-electron chi connectivity index (χ1n) is 4.56. The molecule has 0 aromatic heterocycles. The maximum Gasteiger partial charge on any atom is 0.344 e. The highest BCUT2D eigenvalue weighted by molar-refractivity contribution is 5.72. The number of aryl methyl sites for hydroxylation is 1. The lowest BCUT2D eigenvalue weighted by Crippen LogP contribution is -2.23. The lowest BCUT2D eigenvalue weighted by Gasteiger charge is -2.12. The molecule has 1 N–H and O–H groups in total. The Morgan fingerprint density at radius 1 is 1.56 bits per heavy atom. The maximum atomic E-state index is 10.6. The molecule has 0 bridgehead atoms. The molecule has 0 saturated carbocycles. The molecule has 0 aliphatic carbocycles. The Hall–Kier alpha value is -2.11. The molecular formula is C10H11NO5. The van der Waals surface area contributed by atoms with Crippen molar-refractivity contribution in [2.75, 3.05) is 0 Å². The van der Waals surface area contributed by atoms with Crippen molar-refractivity contribution in [3.05, 3.63) is 33.9 Å². The molecule has 0 saturated heterocycles. The molecule has 0 aliphatic heterocycles. The molecule has 0 amide bonds. The quantitative estimate of drug-likeness (QED) is 0.622. The molecule has 1 rings (SSSR count). The van der Waals surface area contributed by atoms with Crippen LogP contribution in [0.15, 0.2) is 18.2 Å². The van der Waals surface area contributed by atoms with Gasteiger partial charge in [0.05, 0.1) is 4.92 Å². The third-order valence-electron chi connectivity index (χ3n) is 2.02. The number of benzene rings is 1. The molecule has 86 valence electrons. The number of carbonyl (C=O) groups is 1. The molecule has 0 fully saturated rings. The van der Waals surface area contributed by atoms with E-state index in [4.69, 9.17) is 9.84 Å². The van der Waals surface area contributed by atoms with Gasteiger partial charge in [0.1, 0.15) is 5.75 Å². The Morgan fingerprint density at radius 3 is 2.62 bits per heavy atom. The standard InChI is InChI=1S/C10H11NO5/c1-6-5-8(11(14)15)3-4-9(6)16-7(2)10(12)13/h3-5,7H,1-2H3,(H,12,13)/t7-/m1/s1. The lowest BCUT2D eigenvalue weighted by atomic mass is 10.2. The average molecular weight is 225 g/mol. The number of aliphatic carboxylic acids is 1. The van der Waals surface area contributed by atoms with Crippen LogP contribution in [0.5, 0.6) is 5.75 Å². The van der Waals surface area contributed by atoms with E-state index < -0.39 is 17.0 Å². The number of non-ortho nitro benzene ring substituents is 1. The molecule has 0 spiro atoms. The number of hydrogen-bond donors (Lipinski definition) is 1. The number of nitro benzene ring substituents is 1. The van der Waals surface area contributed by atoms with Gasteiger partial charge in [0, 0.05) is 12.1 Å². The number of hydrogen-bond acceptors (Lipinski definition) is 4. The number of nitro groups is 1. The van der Waals surface area contributed by atoms with Crippen LogP contribution >= 0.6 is 0 Å². The summed E-state index contributed by atoms with van der Waals surface area (Å²) in [6.45, 7) is 3.01. The van der Waals surface area contributed by atoms with Crippen molar-refractivity contribution in [2.45, 2.75) is 20.0 Å². The second-order valence-electron chi connectivity index (χ2n) is 3.31. The van der Waals surface area contributed by atoms with Crippen LogP contribution in [0.4, 0.5) is 5.69 Å². The molecule has 0 radical (unpaired) electrons. The van der Waals surface area contributed by atoms with E-state index >= 15 is 0 Å². The fourth-order valence-electron chi connectivity index (χ4n) is 1.12. The second-order valence-corrected chi connectivity index (χ2v) is 3.31. The Labute approximate surface area is 91.6 Å². The number of carboxylic acid groups (broad SMARTS) is 1. The molecule has 1 atom stereocenters. The summed E-state index contributed by atoms with van der Waals surface area (Å²) in [5.74, 6) is -0.752. The van der Waals surface area contributed by atoms with Gasteiger partial charge >= 0.3 is 5.97 Å². The van der Waals surface area contributed by atoms with Crippen molar-refractivity contribution in [1.29, 1.82) is 0 Å². The van der Waals surface area contributed by atoms with Gasteiger partial charge in [-0.3, -0.25) is 10.1 Å². The highest BCUT2D eigenvalue weighted by Crippen LogP contribution is 2.24. The first kappa shape index (κ1) is 12.0. The van der Waals surface area contributed by atoms with Gasteiger partial charge in [-0.25, -0.2) is 4.79 Å². The number of rotatable bonds is 4. The normalized spacial score (nSPS) is 11.9. The third-order valence-corrected chi connectivity index (χ3v) is 2.02. The van der Waals surface area contributed by atoms with Crippen LogP contribution in [-0.4, -0.2) is 22.1 Å². The number of ether oxygens (including phenoxy) is 1. The molecular weight excluding hydrogens is 214 g/mol. The lowest BCUT2D eigenvalue weighted by molar-refractivity contribution is -0.384. The zero-order valence-corrected chi connectivity index (χ0v) is 8.84. The monoisotopic (exact) mass is 225 g/mol.